The number of carbonyl (C=O) groups excluding carboxylic acids is 1. The first-order valence-corrected chi connectivity index (χ1v) is 5.29. The lowest BCUT2D eigenvalue weighted by molar-refractivity contribution is -0.125. The molecule has 0 N–H and O–H groups in total. The van der Waals surface area contributed by atoms with E-state index in [1.807, 2.05) is 20.8 Å². The van der Waals surface area contributed by atoms with Crippen molar-refractivity contribution in [2.45, 2.75) is 27.2 Å². The number of benzene rings is 1. The van der Waals surface area contributed by atoms with Crippen molar-refractivity contribution in [1.82, 2.24) is 0 Å². The molecule has 0 heterocycles. The normalized spacial score (nSPS) is 12.9. The monoisotopic (exact) mass is 208 g/mol. The summed E-state index contributed by atoms with van der Waals surface area (Å²) in [6, 6.07) is 6.34. The molecule has 0 aliphatic heterocycles. The summed E-state index contributed by atoms with van der Waals surface area (Å²) in [5.74, 6) is 0.108. The molecule has 0 radical (unpaired) electrons. The van der Waals surface area contributed by atoms with E-state index in [0.29, 0.717) is 6.42 Å². The molecule has 1 aromatic carbocycles. The van der Waals surface area contributed by atoms with Crippen molar-refractivity contribution in [3.8, 4) is 0 Å². The molecule has 0 bridgehead atoms. The van der Waals surface area contributed by atoms with Gasteiger partial charge in [-0.25, -0.2) is 4.39 Å². The molecular weight excluding hydrogens is 191 g/mol. The van der Waals surface area contributed by atoms with Gasteiger partial charge in [-0.05, 0) is 24.1 Å². The molecule has 0 saturated carbocycles. The van der Waals surface area contributed by atoms with E-state index in [9.17, 15) is 9.18 Å². The maximum absolute atomic E-state index is 12.6. The van der Waals surface area contributed by atoms with Crippen LogP contribution >= 0.6 is 0 Å². The van der Waals surface area contributed by atoms with E-state index >= 15 is 0 Å². The molecule has 1 nitrogen and oxygen atoms in total. The molecular formula is C13H17FO. The standard InChI is InChI=1S/C13H17FO/c1-9(2)13(15)10(3)8-11-4-6-12(14)7-5-11/h4-7,9-10H,8H2,1-3H3/t10-/m0/s1. The second kappa shape index (κ2) is 5.06. The van der Waals surface area contributed by atoms with Gasteiger partial charge in [-0.1, -0.05) is 32.9 Å². The van der Waals surface area contributed by atoms with Crippen LogP contribution in [0.2, 0.25) is 0 Å². The van der Waals surface area contributed by atoms with Crippen LogP contribution in [0.5, 0.6) is 0 Å². The topological polar surface area (TPSA) is 17.1 Å². The summed E-state index contributed by atoms with van der Waals surface area (Å²) in [6.07, 6.45) is 0.692. The lowest BCUT2D eigenvalue weighted by Gasteiger charge is -2.12. The SMILES string of the molecule is CC(C)C(=O)[C@@H](C)Cc1ccc(F)cc1. The molecule has 0 spiro atoms. The van der Waals surface area contributed by atoms with Crippen LogP contribution in [0.4, 0.5) is 4.39 Å². The third-order valence-electron chi connectivity index (χ3n) is 2.51. The Balaban J connectivity index is 2.62. The number of ketones is 1. The van der Waals surface area contributed by atoms with Crippen LogP contribution in [0.15, 0.2) is 24.3 Å². The van der Waals surface area contributed by atoms with Gasteiger partial charge in [0.05, 0.1) is 0 Å². The molecule has 15 heavy (non-hydrogen) atoms. The Morgan fingerprint density at radius 1 is 1.20 bits per heavy atom. The Morgan fingerprint density at radius 3 is 2.20 bits per heavy atom. The fraction of sp³-hybridized carbons (Fsp3) is 0.462. The zero-order valence-corrected chi connectivity index (χ0v) is 9.46. The summed E-state index contributed by atoms with van der Waals surface area (Å²) in [5.41, 5.74) is 1.01. The quantitative estimate of drug-likeness (QED) is 0.742. The second-order valence-electron chi connectivity index (χ2n) is 4.29. The Labute approximate surface area is 90.3 Å². The van der Waals surface area contributed by atoms with Crippen molar-refractivity contribution < 1.29 is 9.18 Å². The van der Waals surface area contributed by atoms with Gasteiger partial charge in [0.1, 0.15) is 11.6 Å². The minimum Gasteiger partial charge on any atom is -0.299 e. The fourth-order valence-corrected chi connectivity index (χ4v) is 1.64. The molecule has 1 aromatic rings. The molecule has 0 aliphatic rings. The average molecular weight is 208 g/mol. The van der Waals surface area contributed by atoms with E-state index in [1.54, 1.807) is 12.1 Å². The summed E-state index contributed by atoms with van der Waals surface area (Å²) in [6.45, 7) is 5.73. The second-order valence-corrected chi connectivity index (χ2v) is 4.29. The highest BCUT2D eigenvalue weighted by atomic mass is 19.1. The van der Waals surface area contributed by atoms with E-state index in [0.717, 1.165) is 5.56 Å². The van der Waals surface area contributed by atoms with Gasteiger partial charge in [0.15, 0.2) is 0 Å². The summed E-state index contributed by atoms with van der Waals surface area (Å²) in [4.78, 5) is 11.6. The smallest absolute Gasteiger partial charge is 0.138 e. The molecule has 0 aromatic heterocycles. The Kier molecular flexibility index (Phi) is 4.01. The maximum atomic E-state index is 12.6. The number of halogens is 1. The summed E-state index contributed by atoms with van der Waals surface area (Å²) >= 11 is 0. The van der Waals surface area contributed by atoms with Crippen LogP contribution < -0.4 is 0 Å². The number of hydrogen-bond acceptors (Lipinski definition) is 1. The molecule has 82 valence electrons. The first kappa shape index (κ1) is 11.9. The number of carbonyl (C=O) groups is 1. The molecule has 1 atom stereocenters. The van der Waals surface area contributed by atoms with Gasteiger partial charge in [0.25, 0.3) is 0 Å². The van der Waals surface area contributed by atoms with E-state index in [2.05, 4.69) is 0 Å². The summed E-state index contributed by atoms with van der Waals surface area (Å²) in [5, 5.41) is 0. The average Bonchev–Trinajstić information content (AvgIpc) is 2.20. The molecule has 0 unspecified atom stereocenters. The van der Waals surface area contributed by atoms with E-state index < -0.39 is 0 Å². The van der Waals surface area contributed by atoms with Crippen LogP contribution in [0, 0.1) is 17.7 Å². The molecule has 0 saturated heterocycles. The summed E-state index contributed by atoms with van der Waals surface area (Å²) in [7, 11) is 0. The predicted molar refractivity (Wildman–Crippen MR) is 59.1 cm³/mol. The first-order valence-electron chi connectivity index (χ1n) is 5.29. The fourth-order valence-electron chi connectivity index (χ4n) is 1.64. The van der Waals surface area contributed by atoms with Gasteiger partial charge in [0, 0.05) is 11.8 Å². The van der Waals surface area contributed by atoms with Crippen LogP contribution in [0.1, 0.15) is 26.3 Å². The van der Waals surface area contributed by atoms with Crippen molar-refractivity contribution in [3.63, 3.8) is 0 Å². The molecule has 0 aliphatic carbocycles. The van der Waals surface area contributed by atoms with Gasteiger partial charge in [-0.15, -0.1) is 0 Å². The van der Waals surface area contributed by atoms with Gasteiger partial charge in [0.2, 0.25) is 0 Å². The highest BCUT2D eigenvalue weighted by Crippen LogP contribution is 2.13. The Morgan fingerprint density at radius 2 is 1.73 bits per heavy atom. The van der Waals surface area contributed by atoms with Crippen LogP contribution in [-0.2, 0) is 11.2 Å². The Bertz CT molecular complexity index is 327. The largest absolute Gasteiger partial charge is 0.299 e. The number of hydrogen-bond donors (Lipinski definition) is 0. The van der Waals surface area contributed by atoms with Crippen molar-refractivity contribution in [3.05, 3.63) is 35.6 Å². The van der Waals surface area contributed by atoms with Crippen LogP contribution in [0.3, 0.4) is 0 Å². The third kappa shape index (κ3) is 3.46. The molecule has 0 amide bonds. The minimum absolute atomic E-state index is 0.00969. The van der Waals surface area contributed by atoms with Crippen molar-refractivity contribution in [2.24, 2.45) is 11.8 Å². The molecule has 0 fully saturated rings. The summed E-state index contributed by atoms with van der Waals surface area (Å²) < 4.78 is 12.6. The van der Waals surface area contributed by atoms with Crippen molar-refractivity contribution >= 4 is 5.78 Å². The highest BCUT2D eigenvalue weighted by Gasteiger charge is 2.16. The first-order chi connectivity index (χ1) is 7.00. The zero-order valence-electron chi connectivity index (χ0n) is 9.46. The van der Waals surface area contributed by atoms with Crippen LogP contribution in [0.25, 0.3) is 0 Å². The zero-order chi connectivity index (χ0) is 11.4. The highest BCUT2D eigenvalue weighted by molar-refractivity contribution is 5.82. The van der Waals surface area contributed by atoms with Gasteiger partial charge in [-0.3, -0.25) is 4.79 Å². The van der Waals surface area contributed by atoms with Crippen molar-refractivity contribution in [1.29, 1.82) is 0 Å². The molecule has 1 rings (SSSR count). The van der Waals surface area contributed by atoms with Gasteiger partial charge in [-0.2, -0.15) is 0 Å². The van der Waals surface area contributed by atoms with Crippen LogP contribution in [-0.4, -0.2) is 5.78 Å². The predicted octanol–water partition coefficient (Wildman–Crippen LogP) is 3.23. The lowest BCUT2D eigenvalue weighted by Crippen LogP contribution is -2.19. The third-order valence-corrected chi connectivity index (χ3v) is 2.51. The molecule has 2 heteroatoms. The van der Waals surface area contributed by atoms with E-state index in [4.69, 9.17) is 0 Å². The minimum atomic E-state index is -0.235. The Hall–Kier alpha value is -1.18. The van der Waals surface area contributed by atoms with Crippen molar-refractivity contribution in [2.75, 3.05) is 0 Å². The number of rotatable bonds is 4. The van der Waals surface area contributed by atoms with Gasteiger partial charge < -0.3 is 0 Å². The maximum Gasteiger partial charge on any atom is 0.138 e. The van der Waals surface area contributed by atoms with Gasteiger partial charge >= 0.3 is 0 Å². The lowest BCUT2D eigenvalue weighted by atomic mass is 9.91. The van der Waals surface area contributed by atoms with E-state index in [-0.39, 0.29) is 23.4 Å². The number of Topliss-reactive ketones (excluding diaryl/α,β-unsaturated/α-hetero) is 1. The van der Waals surface area contributed by atoms with E-state index in [1.165, 1.54) is 12.1 Å².